The molecule has 1 N–H and O–H groups in total. The van der Waals surface area contributed by atoms with Crippen molar-refractivity contribution in [3.8, 4) is 0 Å². The fraction of sp³-hybridized carbons (Fsp3) is 0.316. The second-order valence-corrected chi connectivity index (χ2v) is 13.9. The lowest BCUT2D eigenvalue weighted by Gasteiger charge is -2.34. The van der Waals surface area contributed by atoms with Gasteiger partial charge in [0.15, 0.2) is 0 Å². The van der Waals surface area contributed by atoms with Crippen LogP contribution in [-0.4, -0.2) is 43.8 Å². The van der Waals surface area contributed by atoms with Crippen LogP contribution in [0.3, 0.4) is 0 Å². The Hall–Kier alpha value is -4.43. The summed E-state index contributed by atoms with van der Waals surface area (Å²) in [7, 11) is -4.13. The van der Waals surface area contributed by atoms with Crippen molar-refractivity contribution in [1.29, 1.82) is 0 Å². The monoisotopic (exact) mass is 637 g/mol. The molecule has 1 aliphatic carbocycles. The molecule has 0 spiro atoms. The first-order valence-electron chi connectivity index (χ1n) is 16.1. The van der Waals surface area contributed by atoms with Crippen molar-refractivity contribution in [3.63, 3.8) is 0 Å². The van der Waals surface area contributed by atoms with Gasteiger partial charge < -0.3 is 10.2 Å². The summed E-state index contributed by atoms with van der Waals surface area (Å²) in [6.07, 6.45) is 4.82. The van der Waals surface area contributed by atoms with Gasteiger partial charge in [-0.15, -0.1) is 0 Å². The third-order valence-electron chi connectivity index (χ3n) is 8.66. The van der Waals surface area contributed by atoms with Gasteiger partial charge in [0.05, 0.1) is 10.6 Å². The standard InChI is InChI=1S/C38H43N3O4S/c1-3-32-19-10-13-24-35(32)41(46(44,45)34-22-8-5-9-23-34)28-37(42)40(27-31-18-14-15-29(2)25-31)36(26-30-16-6-4-7-17-30)38(43)39-33-20-11-12-21-33/h4-10,13-19,22-25,33,36H,3,11-12,20-21,26-28H2,1-2H3,(H,39,43)/t36-/m1/s1. The third kappa shape index (κ3) is 8.04. The van der Waals surface area contributed by atoms with Crippen LogP contribution in [-0.2, 0) is 39.0 Å². The zero-order valence-corrected chi connectivity index (χ0v) is 27.5. The van der Waals surface area contributed by atoms with E-state index in [2.05, 4.69) is 5.32 Å². The SMILES string of the molecule is CCc1ccccc1N(CC(=O)N(Cc1cccc(C)c1)[C@H](Cc1ccccc1)C(=O)NC1CCCC1)S(=O)(=O)c1ccccc1. The summed E-state index contributed by atoms with van der Waals surface area (Å²) in [5, 5.41) is 3.23. The smallest absolute Gasteiger partial charge is 0.264 e. The van der Waals surface area contributed by atoms with Crippen LogP contribution >= 0.6 is 0 Å². The number of nitrogens with one attached hydrogen (secondary N) is 1. The van der Waals surface area contributed by atoms with Gasteiger partial charge in [-0.05, 0) is 61.1 Å². The highest BCUT2D eigenvalue weighted by atomic mass is 32.2. The molecule has 46 heavy (non-hydrogen) atoms. The van der Waals surface area contributed by atoms with Gasteiger partial charge in [0, 0.05) is 19.0 Å². The maximum absolute atomic E-state index is 14.7. The molecule has 0 heterocycles. The Kier molecular flexibility index (Phi) is 10.9. The minimum Gasteiger partial charge on any atom is -0.352 e. The number of nitrogens with zero attached hydrogens (tertiary/aromatic N) is 2. The van der Waals surface area contributed by atoms with Gasteiger partial charge >= 0.3 is 0 Å². The van der Waals surface area contributed by atoms with E-state index in [4.69, 9.17) is 0 Å². The van der Waals surface area contributed by atoms with Crippen molar-refractivity contribution < 1.29 is 18.0 Å². The van der Waals surface area contributed by atoms with Crippen molar-refractivity contribution in [2.24, 2.45) is 0 Å². The summed E-state index contributed by atoms with van der Waals surface area (Å²) in [4.78, 5) is 30.5. The molecule has 7 nitrogen and oxygen atoms in total. The molecule has 4 aromatic carbocycles. The molecule has 4 aromatic rings. The number of amides is 2. The quantitative estimate of drug-likeness (QED) is 0.183. The number of hydrogen-bond donors (Lipinski definition) is 1. The van der Waals surface area contributed by atoms with E-state index < -0.39 is 28.5 Å². The van der Waals surface area contributed by atoms with Crippen LogP contribution in [0.5, 0.6) is 0 Å². The molecule has 1 atom stereocenters. The van der Waals surface area contributed by atoms with E-state index in [9.17, 15) is 18.0 Å². The average molecular weight is 638 g/mol. The topological polar surface area (TPSA) is 86.8 Å². The second kappa shape index (κ2) is 15.2. The van der Waals surface area contributed by atoms with E-state index >= 15 is 0 Å². The van der Waals surface area contributed by atoms with Crippen molar-refractivity contribution in [2.45, 2.75) is 75.9 Å². The van der Waals surface area contributed by atoms with Crippen LogP contribution in [0.4, 0.5) is 5.69 Å². The third-order valence-corrected chi connectivity index (χ3v) is 10.4. The van der Waals surface area contributed by atoms with Gasteiger partial charge in [0.25, 0.3) is 10.0 Å². The zero-order valence-electron chi connectivity index (χ0n) is 26.6. The van der Waals surface area contributed by atoms with Crippen LogP contribution in [0, 0.1) is 6.92 Å². The summed E-state index contributed by atoms with van der Waals surface area (Å²) in [6, 6.07) is 32.2. The number of rotatable bonds is 13. The van der Waals surface area contributed by atoms with E-state index in [0.717, 1.165) is 47.9 Å². The number of carbonyl (C=O) groups excluding carboxylic acids is 2. The molecule has 0 aromatic heterocycles. The molecule has 5 rings (SSSR count). The Morgan fingerprint density at radius 2 is 1.46 bits per heavy atom. The van der Waals surface area contributed by atoms with Gasteiger partial charge in [0.1, 0.15) is 12.6 Å². The molecule has 1 fully saturated rings. The van der Waals surface area contributed by atoms with Gasteiger partial charge in [-0.1, -0.05) is 116 Å². The minimum absolute atomic E-state index is 0.0630. The molecule has 8 heteroatoms. The predicted molar refractivity (Wildman–Crippen MR) is 183 cm³/mol. The second-order valence-electron chi connectivity index (χ2n) is 12.0. The molecule has 1 aliphatic rings. The number of aryl methyl sites for hydroxylation is 2. The summed E-state index contributed by atoms with van der Waals surface area (Å²) in [5.74, 6) is -0.669. The van der Waals surface area contributed by atoms with Crippen LogP contribution in [0.25, 0.3) is 0 Å². The van der Waals surface area contributed by atoms with Crippen molar-refractivity contribution in [2.75, 3.05) is 10.8 Å². The Bertz CT molecular complexity index is 1720. The Morgan fingerprint density at radius 1 is 0.826 bits per heavy atom. The van der Waals surface area contributed by atoms with Gasteiger partial charge in [-0.3, -0.25) is 13.9 Å². The van der Waals surface area contributed by atoms with Gasteiger partial charge in [0.2, 0.25) is 11.8 Å². The predicted octanol–water partition coefficient (Wildman–Crippen LogP) is 6.45. The lowest BCUT2D eigenvalue weighted by Crippen LogP contribution is -2.54. The minimum atomic E-state index is -4.13. The van der Waals surface area contributed by atoms with E-state index in [0.29, 0.717) is 18.5 Å². The van der Waals surface area contributed by atoms with Crippen LogP contribution < -0.4 is 9.62 Å². The van der Waals surface area contributed by atoms with E-state index in [-0.39, 0.29) is 23.4 Å². The molecule has 2 amide bonds. The first-order valence-corrected chi connectivity index (χ1v) is 17.5. The number of carbonyl (C=O) groups is 2. The first kappa shape index (κ1) is 32.9. The summed E-state index contributed by atoms with van der Waals surface area (Å²) < 4.78 is 29.7. The van der Waals surface area contributed by atoms with E-state index in [1.807, 2.05) is 80.6 Å². The van der Waals surface area contributed by atoms with E-state index in [1.165, 1.54) is 4.31 Å². The maximum atomic E-state index is 14.7. The number of anilines is 1. The van der Waals surface area contributed by atoms with Crippen LogP contribution in [0.15, 0.2) is 114 Å². The molecular weight excluding hydrogens is 595 g/mol. The molecule has 0 aliphatic heterocycles. The summed E-state index contributed by atoms with van der Waals surface area (Å²) >= 11 is 0. The Labute approximate surface area is 273 Å². The Morgan fingerprint density at radius 3 is 2.13 bits per heavy atom. The van der Waals surface area contributed by atoms with Crippen molar-refractivity contribution in [3.05, 3.63) is 131 Å². The molecule has 0 saturated heterocycles. The van der Waals surface area contributed by atoms with Gasteiger partial charge in [-0.2, -0.15) is 0 Å². The number of hydrogen-bond acceptors (Lipinski definition) is 4. The van der Waals surface area contributed by atoms with Crippen molar-refractivity contribution in [1.82, 2.24) is 10.2 Å². The van der Waals surface area contributed by atoms with Crippen LogP contribution in [0.1, 0.15) is 54.9 Å². The molecule has 0 bridgehead atoms. The lowest BCUT2D eigenvalue weighted by molar-refractivity contribution is -0.140. The zero-order chi connectivity index (χ0) is 32.5. The number of sulfonamides is 1. The van der Waals surface area contributed by atoms with Gasteiger partial charge in [-0.25, -0.2) is 8.42 Å². The maximum Gasteiger partial charge on any atom is 0.264 e. The molecule has 1 saturated carbocycles. The summed E-state index contributed by atoms with van der Waals surface area (Å²) in [5.41, 5.74) is 4.07. The molecule has 240 valence electrons. The number of benzene rings is 4. The molecule has 0 unspecified atom stereocenters. The molecular formula is C38H43N3O4S. The first-order chi connectivity index (χ1) is 22.3. The van der Waals surface area contributed by atoms with Crippen LogP contribution in [0.2, 0.25) is 0 Å². The molecule has 0 radical (unpaired) electrons. The average Bonchev–Trinajstić information content (AvgIpc) is 3.59. The highest BCUT2D eigenvalue weighted by Gasteiger charge is 2.36. The highest BCUT2D eigenvalue weighted by Crippen LogP contribution is 2.29. The fourth-order valence-corrected chi connectivity index (χ4v) is 7.69. The van der Waals surface area contributed by atoms with E-state index in [1.54, 1.807) is 47.4 Å². The fourth-order valence-electron chi connectivity index (χ4n) is 6.21. The van der Waals surface area contributed by atoms with Crippen molar-refractivity contribution >= 4 is 27.5 Å². The Balaban J connectivity index is 1.58. The largest absolute Gasteiger partial charge is 0.352 e. The number of para-hydroxylation sites is 1. The lowest BCUT2D eigenvalue weighted by atomic mass is 10.0. The highest BCUT2D eigenvalue weighted by molar-refractivity contribution is 7.92. The normalized spacial score (nSPS) is 14.0. The summed E-state index contributed by atoms with van der Waals surface area (Å²) in [6.45, 7) is 3.65.